The Morgan fingerprint density at radius 2 is 0.880 bits per heavy atom. The highest BCUT2D eigenvalue weighted by Gasteiger charge is 2.47. The van der Waals surface area contributed by atoms with E-state index in [1.807, 2.05) is 6.08 Å². The minimum absolute atomic E-state index is 0.129. The fraction of sp³-hybridized carbons (Fsp3) is 0.906. The van der Waals surface area contributed by atoms with Gasteiger partial charge < -0.3 is 45.1 Å². The Balaban J connectivity index is 2.65. The van der Waals surface area contributed by atoms with Crippen LogP contribution in [0, 0.1) is 0 Å². The largest absolute Gasteiger partial charge is 0.454 e. The summed E-state index contributed by atoms with van der Waals surface area (Å²) in [6, 6.07) is -1.02. The lowest BCUT2D eigenvalue weighted by Crippen LogP contribution is -2.61. The standard InChI is InChI=1S/C64H121NO10/c1-4-7-10-13-16-19-22-25-26-27-28-29-30-31-34-36-39-42-45-48-51-57(68)63(72)65-55(56(67)50-47-44-41-38-35-32-23-20-17-14-11-8-5-2)54-73-64-62(61(71)60(70)58(53-66)74-64)75-59(69)52-49-46-43-40-37-33-24-21-18-15-12-9-6-3/h25-26,47,50,55-58,60-62,64,66-68,70-71H,4-24,27-46,48-49,51-54H2,1-3H3,(H,65,72)/b26-25+,50-47+. The average Bonchev–Trinajstić information content (AvgIpc) is 3.41. The molecule has 1 heterocycles. The highest BCUT2D eigenvalue weighted by molar-refractivity contribution is 5.80. The molecule has 1 amide bonds. The molecule has 8 unspecified atom stereocenters. The molecule has 0 aliphatic carbocycles. The molecule has 0 aromatic rings. The molecule has 0 spiro atoms. The predicted molar refractivity (Wildman–Crippen MR) is 311 cm³/mol. The van der Waals surface area contributed by atoms with Crippen molar-refractivity contribution in [2.45, 2.75) is 359 Å². The predicted octanol–water partition coefficient (Wildman–Crippen LogP) is 15.3. The number of hydrogen-bond acceptors (Lipinski definition) is 10. The molecular formula is C64H121NO10. The Bertz CT molecular complexity index is 1310. The third-order valence-electron chi connectivity index (χ3n) is 15.4. The second-order valence-corrected chi connectivity index (χ2v) is 22.5. The third kappa shape index (κ3) is 40.9. The van der Waals surface area contributed by atoms with Crippen molar-refractivity contribution in [2.75, 3.05) is 13.2 Å². The number of allylic oxidation sites excluding steroid dienone is 3. The van der Waals surface area contributed by atoms with Crippen LogP contribution in [0.4, 0.5) is 0 Å². The summed E-state index contributed by atoms with van der Waals surface area (Å²) < 4.78 is 17.6. The maximum Gasteiger partial charge on any atom is 0.306 e. The van der Waals surface area contributed by atoms with E-state index in [0.29, 0.717) is 19.3 Å². The molecule has 6 N–H and O–H groups in total. The molecule has 0 radical (unpaired) electrons. The number of nitrogens with one attached hydrogen (secondary N) is 1. The summed E-state index contributed by atoms with van der Waals surface area (Å²) in [6.45, 7) is 5.81. The van der Waals surface area contributed by atoms with E-state index in [1.54, 1.807) is 6.08 Å². The fourth-order valence-electron chi connectivity index (χ4n) is 10.2. The molecule has 0 aromatic carbocycles. The molecule has 11 heteroatoms. The van der Waals surface area contributed by atoms with Crippen LogP contribution in [0.2, 0.25) is 0 Å². The first-order valence-corrected chi connectivity index (χ1v) is 32.1. The number of rotatable bonds is 55. The second-order valence-electron chi connectivity index (χ2n) is 22.5. The number of amides is 1. The van der Waals surface area contributed by atoms with E-state index >= 15 is 0 Å². The lowest BCUT2D eigenvalue weighted by Gasteiger charge is -2.41. The number of carbonyl (C=O) groups excluding carboxylic acids is 2. The van der Waals surface area contributed by atoms with Crippen molar-refractivity contribution in [3.63, 3.8) is 0 Å². The van der Waals surface area contributed by atoms with E-state index in [9.17, 15) is 35.1 Å². The fourth-order valence-corrected chi connectivity index (χ4v) is 10.2. The molecule has 0 bridgehead atoms. The SMILES string of the molecule is CCCCCCCC/C=C/CCCCCCCCCCCCC(O)C(=O)NC(COC1OC(CO)C(O)C(O)C1OC(=O)CCCCCCCCCCCCCCC)C(O)/C=C/CCCCCCCCCCCCC. The quantitative estimate of drug-likeness (QED) is 0.0195. The van der Waals surface area contributed by atoms with Crippen molar-refractivity contribution in [1.29, 1.82) is 0 Å². The average molecular weight is 1060 g/mol. The van der Waals surface area contributed by atoms with Gasteiger partial charge in [-0.05, 0) is 51.4 Å². The number of ether oxygens (including phenoxy) is 3. The van der Waals surface area contributed by atoms with E-state index in [-0.39, 0.29) is 13.0 Å². The summed E-state index contributed by atoms with van der Waals surface area (Å²) in [5.41, 5.74) is 0. The van der Waals surface area contributed by atoms with Crippen LogP contribution >= 0.6 is 0 Å². The van der Waals surface area contributed by atoms with Gasteiger partial charge in [0.05, 0.1) is 25.4 Å². The van der Waals surface area contributed by atoms with E-state index < -0.39 is 67.4 Å². The van der Waals surface area contributed by atoms with Gasteiger partial charge >= 0.3 is 5.97 Å². The monoisotopic (exact) mass is 1060 g/mol. The highest BCUT2D eigenvalue weighted by atomic mass is 16.7. The van der Waals surface area contributed by atoms with Crippen molar-refractivity contribution in [2.24, 2.45) is 0 Å². The summed E-state index contributed by atoms with van der Waals surface area (Å²) in [6.07, 6.45) is 50.7. The third-order valence-corrected chi connectivity index (χ3v) is 15.4. The molecule has 1 fully saturated rings. The molecule has 0 aromatic heterocycles. The highest BCUT2D eigenvalue weighted by Crippen LogP contribution is 2.26. The molecule has 8 atom stereocenters. The first-order chi connectivity index (χ1) is 36.7. The smallest absolute Gasteiger partial charge is 0.306 e. The zero-order valence-corrected chi connectivity index (χ0v) is 48.9. The van der Waals surface area contributed by atoms with Crippen molar-refractivity contribution in [1.82, 2.24) is 5.32 Å². The van der Waals surface area contributed by atoms with Crippen LogP contribution in [0.5, 0.6) is 0 Å². The zero-order valence-electron chi connectivity index (χ0n) is 48.9. The lowest BCUT2D eigenvalue weighted by molar-refractivity contribution is -0.305. The Labute approximate surface area is 461 Å². The topological polar surface area (TPSA) is 175 Å². The van der Waals surface area contributed by atoms with Crippen molar-refractivity contribution in [3.05, 3.63) is 24.3 Å². The van der Waals surface area contributed by atoms with Gasteiger partial charge in [0.1, 0.15) is 24.4 Å². The van der Waals surface area contributed by atoms with Gasteiger partial charge in [-0.15, -0.1) is 0 Å². The van der Waals surface area contributed by atoms with Gasteiger partial charge in [-0.2, -0.15) is 0 Å². The number of esters is 1. The number of aliphatic hydroxyl groups excluding tert-OH is 5. The van der Waals surface area contributed by atoms with Crippen LogP contribution in [-0.2, 0) is 23.8 Å². The van der Waals surface area contributed by atoms with Gasteiger partial charge in [-0.1, -0.05) is 276 Å². The maximum atomic E-state index is 13.4. The van der Waals surface area contributed by atoms with Crippen LogP contribution in [0.3, 0.4) is 0 Å². The van der Waals surface area contributed by atoms with Gasteiger partial charge in [0.25, 0.3) is 0 Å². The summed E-state index contributed by atoms with van der Waals surface area (Å²) >= 11 is 0. The normalized spacial score (nSPS) is 19.3. The lowest BCUT2D eigenvalue weighted by atomic mass is 9.99. The molecule has 1 aliphatic rings. The Kier molecular flexibility index (Phi) is 50.1. The molecule has 1 rings (SSSR count). The molecule has 1 saturated heterocycles. The first-order valence-electron chi connectivity index (χ1n) is 32.1. The molecule has 11 nitrogen and oxygen atoms in total. The summed E-state index contributed by atoms with van der Waals surface area (Å²) in [7, 11) is 0. The van der Waals surface area contributed by atoms with Gasteiger partial charge in [-0.3, -0.25) is 9.59 Å². The Hall–Kier alpha value is -1.86. The van der Waals surface area contributed by atoms with Crippen LogP contribution in [-0.4, -0.2) is 99.6 Å². The van der Waals surface area contributed by atoms with Crippen molar-refractivity contribution >= 4 is 11.9 Å². The minimum Gasteiger partial charge on any atom is -0.454 e. The summed E-state index contributed by atoms with van der Waals surface area (Å²) in [4.78, 5) is 26.5. The summed E-state index contributed by atoms with van der Waals surface area (Å²) in [5, 5.41) is 57.0. The number of unbranched alkanes of at least 4 members (excludes halogenated alkanes) is 39. The van der Waals surface area contributed by atoms with E-state index in [4.69, 9.17) is 14.2 Å². The van der Waals surface area contributed by atoms with Crippen LogP contribution in [0.1, 0.15) is 310 Å². The van der Waals surface area contributed by atoms with Gasteiger partial charge in [0.15, 0.2) is 12.4 Å². The zero-order chi connectivity index (χ0) is 54.7. The molecular weight excluding hydrogens is 943 g/mol. The second kappa shape index (κ2) is 52.8. The number of carbonyl (C=O) groups is 2. The number of aliphatic hydroxyl groups is 5. The summed E-state index contributed by atoms with van der Waals surface area (Å²) in [5.74, 6) is -1.18. The minimum atomic E-state index is -1.61. The van der Waals surface area contributed by atoms with E-state index in [0.717, 1.165) is 57.8 Å². The Morgan fingerprint density at radius 3 is 1.29 bits per heavy atom. The van der Waals surface area contributed by atoms with Gasteiger partial charge in [0, 0.05) is 6.42 Å². The maximum absolute atomic E-state index is 13.4. The molecule has 442 valence electrons. The van der Waals surface area contributed by atoms with E-state index in [2.05, 4.69) is 38.2 Å². The molecule has 1 aliphatic heterocycles. The Morgan fingerprint density at radius 1 is 0.507 bits per heavy atom. The number of hydrogen-bond donors (Lipinski definition) is 6. The van der Waals surface area contributed by atoms with Crippen LogP contribution in [0.25, 0.3) is 0 Å². The van der Waals surface area contributed by atoms with Crippen molar-refractivity contribution in [3.8, 4) is 0 Å². The van der Waals surface area contributed by atoms with Gasteiger partial charge in [-0.25, -0.2) is 0 Å². The van der Waals surface area contributed by atoms with E-state index in [1.165, 1.54) is 205 Å². The van der Waals surface area contributed by atoms with Gasteiger partial charge in [0.2, 0.25) is 5.91 Å². The van der Waals surface area contributed by atoms with Crippen LogP contribution in [0.15, 0.2) is 24.3 Å². The van der Waals surface area contributed by atoms with Crippen LogP contribution < -0.4 is 5.32 Å². The molecule has 75 heavy (non-hydrogen) atoms. The molecule has 0 saturated carbocycles. The first kappa shape index (κ1) is 71.2. The van der Waals surface area contributed by atoms with Crippen molar-refractivity contribution < 1.29 is 49.3 Å².